The van der Waals surface area contributed by atoms with Gasteiger partial charge in [-0.1, -0.05) is 12.1 Å². The third-order valence-electron chi connectivity index (χ3n) is 2.50. The van der Waals surface area contributed by atoms with Crippen molar-refractivity contribution >= 4 is 17.3 Å². The Labute approximate surface area is 93.4 Å². The predicted molar refractivity (Wildman–Crippen MR) is 58.9 cm³/mol. The number of halogens is 2. The summed E-state index contributed by atoms with van der Waals surface area (Å²) in [5.74, 6) is -0.243. The fourth-order valence-corrected chi connectivity index (χ4v) is 1.92. The van der Waals surface area contributed by atoms with Crippen LogP contribution in [0.25, 0.3) is 0 Å². The second kappa shape index (κ2) is 4.81. The normalized spacial score (nSPS) is 26.3. The van der Waals surface area contributed by atoms with Gasteiger partial charge in [0.15, 0.2) is 0 Å². The first-order chi connectivity index (χ1) is 7.27. The van der Waals surface area contributed by atoms with Crippen LogP contribution in [0.1, 0.15) is 6.42 Å². The highest BCUT2D eigenvalue weighted by Crippen LogP contribution is 2.20. The molecular formula is C11H13ClFNO. The second-order valence-electron chi connectivity index (χ2n) is 3.61. The molecule has 0 radical (unpaired) electrons. The Bertz CT molecular complexity index is 334. The lowest BCUT2D eigenvalue weighted by molar-refractivity contribution is 0.0935. The van der Waals surface area contributed by atoms with Crippen LogP contribution in [0.2, 0.25) is 0 Å². The number of nitrogens with one attached hydrogen (secondary N) is 1. The smallest absolute Gasteiger partial charge is 0.146 e. The average Bonchev–Trinajstić information content (AvgIpc) is 2.24. The van der Waals surface area contributed by atoms with Gasteiger partial charge in [-0.25, -0.2) is 4.39 Å². The van der Waals surface area contributed by atoms with Gasteiger partial charge in [0.1, 0.15) is 5.82 Å². The highest BCUT2D eigenvalue weighted by Gasteiger charge is 2.24. The quantitative estimate of drug-likeness (QED) is 0.788. The summed E-state index contributed by atoms with van der Waals surface area (Å²) >= 11 is 6.07. The van der Waals surface area contributed by atoms with Crippen molar-refractivity contribution in [2.24, 2.45) is 0 Å². The summed E-state index contributed by atoms with van der Waals surface area (Å²) in [4.78, 5) is 0. The van der Waals surface area contributed by atoms with Crippen molar-refractivity contribution in [3.8, 4) is 0 Å². The number of rotatable bonds is 2. The third-order valence-corrected chi connectivity index (χ3v) is 2.93. The molecule has 1 heterocycles. The maximum absolute atomic E-state index is 13.3. The zero-order valence-corrected chi connectivity index (χ0v) is 9.01. The van der Waals surface area contributed by atoms with E-state index in [-0.39, 0.29) is 17.2 Å². The summed E-state index contributed by atoms with van der Waals surface area (Å²) in [5, 5.41) is 3.01. The molecule has 1 N–H and O–H groups in total. The Morgan fingerprint density at radius 2 is 2.20 bits per heavy atom. The zero-order chi connectivity index (χ0) is 10.7. The summed E-state index contributed by atoms with van der Waals surface area (Å²) in [6.45, 7) is 1.20. The number of para-hydroxylation sites is 1. The van der Waals surface area contributed by atoms with Crippen LogP contribution in [0.5, 0.6) is 0 Å². The monoisotopic (exact) mass is 229 g/mol. The Morgan fingerprint density at radius 3 is 2.93 bits per heavy atom. The van der Waals surface area contributed by atoms with Gasteiger partial charge in [-0.15, -0.1) is 11.6 Å². The minimum absolute atomic E-state index is 0.0808. The molecule has 0 spiro atoms. The first-order valence-corrected chi connectivity index (χ1v) is 5.44. The topological polar surface area (TPSA) is 21.3 Å². The van der Waals surface area contributed by atoms with Crippen molar-refractivity contribution in [1.82, 2.24) is 0 Å². The Kier molecular flexibility index (Phi) is 3.44. The molecule has 1 aromatic carbocycles. The number of alkyl halides is 1. The van der Waals surface area contributed by atoms with E-state index in [0.29, 0.717) is 18.9 Å². The van der Waals surface area contributed by atoms with Gasteiger partial charge in [-0.2, -0.15) is 0 Å². The average molecular weight is 230 g/mol. The van der Waals surface area contributed by atoms with Crippen molar-refractivity contribution in [3.05, 3.63) is 30.1 Å². The number of hydrogen-bond donors (Lipinski definition) is 1. The molecule has 1 saturated heterocycles. The SMILES string of the molecule is Fc1ccccc1NC1CCOCC1Cl. The lowest BCUT2D eigenvalue weighted by atomic mass is 10.1. The van der Waals surface area contributed by atoms with Crippen molar-refractivity contribution in [2.45, 2.75) is 17.8 Å². The summed E-state index contributed by atoms with van der Waals surface area (Å²) in [6.07, 6.45) is 0.808. The van der Waals surface area contributed by atoms with Crippen LogP contribution in [-0.2, 0) is 4.74 Å². The van der Waals surface area contributed by atoms with Crippen LogP contribution in [-0.4, -0.2) is 24.6 Å². The van der Waals surface area contributed by atoms with Gasteiger partial charge in [0, 0.05) is 12.6 Å². The van der Waals surface area contributed by atoms with E-state index in [1.54, 1.807) is 18.2 Å². The molecule has 4 heteroatoms. The fourth-order valence-electron chi connectivity index (χ4n) is 1.64. The fraction of sp³-hybridized carbons (Fsp3) is 0.455. The number of benzene rings is 1. The van der Waals surface area contributed by atoms with E-state index in [1.807, 2.05) is 0 Å². The van der Waals surface area contributed by atoms with Crippen LogP contribution >= 0.6 is 11.6 Å². The molecule has 82 valence electrons. The van der Waals surface area contributed by atoms with Crippen LogP contribution in [0.3, 0.4) is 0 Å². The van der Waals surface area contributed by atoms with Crippen molar-refractivity contribution < 1.29 is 9.13 Å². The Hall–Kier alpha value is -0.800. The molecule has 0 saturated carbocycles. The molecule has 2 atom stereocenters. The standard InChI is InChI=1S/C11H13ClFNO/c12-8-7-15-6-5-10(8)14-11-4-2-1-3-9(11)13/h1-4,8,10,14H,5-7H2. The largest absolute Gasteiger partial charge is 0.380 e. The lowest BCUT2D eigenvalue weighted by Gasteiger charge is -2.28. The molecule has 1 fully saturated rings. The molecule has 2 rings (SSSR count). The predicted octanol–water partition coefficient (Wildman–Crippen LogP) is 2.63. The highest BCUT2D eigenvalue weighted by atomic mass is 35.5. The summed E-state index contributed by atoms with van der Waals surface area (Å²) in [6, 6.07) is 6.70. The minimum atomic E-state index is -0.243. The van der Waals surface area contributed by atoms with Crippen LogP contribution in [0.15, 0.2) is 24.3 Å². The van der Waals surface area contributed by atoms with Crippen molar-refractivity contribution in [2.75, 3.05) is 18.5 Å². The van der Waals surface area contributed by atoms with Crippen molar-refractivity contribution in [3.63, 3.8) is 0 Å². The molecule has 0 bridgehead atoms. The molecule has 1 aromatic rings. The number of anilines is 1. The van der Waals surface area contributed by atoms with Crippen molar-refractivity contribution in [1.29, 1.82) is 0 Å². The van der Waals surface area contributed by atoms with E-state index in [2.05, 4.69) is 5.32 Å². The number of hydrogen-bond acceptors (Lipinski definition) is 2. The first kappa shape index (κ1) is 10.7. The summed E-state index contributed by atoms with van der Waals surface area (Å²) in [5.41, 5.74) is 0.509. The maximum atomic E-state index is 13.3. The van der Waals surface area contributed by atoms with Gasteiger partial charge in [0.2, 0.25) is 0 Å². The zero-order valence-electron chi connectivity index (χ0n) is 8.25. The van der Waals surface area contributed by atoms with Gasteiger partial charge in [0.25, 0.3) is 0 Å². The maximum Gasteiger partial charge on any atom is 0.146 e. The van der Waals surface area contributed by atoms with E-state index >= 15 is 0 Å². The molecule has 15 heavy (non-hydrogen) atoms. The minimum Gasteiger partial charge on any atom is -0.380 e. The van der Waals surface area contributed by atoms with E-state index in [9.17, 15) is 4.39 Å². The number of ether oxygens (including phenoxy) is 1. The summed E-state index contributed by atoms with van der Waals surface area (Å²) in [7, 11) is 0. The van der Waals surface area contributed by atoms with Gasteiger partial charge < -0.3 is 10.1 Å². The van der Waals surface area contributed by atoms with Gasteiger partial charge >= 0.3 is 0 Å². The molecule has 2 unspecified atom stereocenters. The van der Waals surface area contributed by atoms with E-state index in [4.69, 9.17) is 16.3 Å². The first-order valence-electron chi connectivity index (χ1n) is 5.00. The van der Waals surface area contributed by atoms with Gasteiger partial charge in [-0.3, -0.25) is 0 Å². The third kappa shape index (κ3) is 2.61. The Morgan fingerprint density at radius 1 is 1.40 bits per heavy atom. The van der Waals surface area contributed by atoms with Crippen LogP contribution in [0, 0.1) is 5.82 Å². The van der Waals surface area contributed by atoms with Gasteiger partial charge in [0.05, 0.1) is 17.7 Å². The molecule has 0 amide bonds. The van der Waals surface area contributed by atoms with E-state index in [0.717, 1.165) is 6.42 Å². The van der Waals surface area contributed by atoms with Crippen LogP contribution < -0.4 is 5.32 Å². The van der Waals surface area contributed by atoms with E-state index < -0.39 is 0 Å². The molecule has 1 aliphatic heterocycles. The molecule has 0 aliphatic carbocycles. The molecule has 1 aliphatic rings. The summed E-state index contributed by atoms with van der Waals surface area (Å²) < 4.78 is 18.5. The highest BCUT2D eigenvalue weighted by molar-refractivity contribution is 6.21. The molecular weight excluding hydrogens is 217 g/mol. The molecule has 2 nitrogen and oxygen atoms in total. The lowest BCUT2D eigenvalue weighted by Crippen LogP contribution is -2.38. The van der Waals surface area contributed by atoms with Crippen LogP contribution in [0.4, 0.5) is 10.1 Å². The van der Waals surface area contributed by atoms with E-state index in [1.165, 1.54) is 6.07 Å². The Balaban J connectivity index is 2.04. The second-order valence-corrected chi connectivity index (χ2v) is 4.17. The molecule has 0 aromatic heterocycles. The van der Waals surface area contributed by atoms with Gasteiger partial charge in [-0.05, 0) is 18.6 Å².